The Morgan fingerprint density at radius 3 is 2.38 bits per heavy atom. The summed E-state index contributed by atoms with van der Waals surface area (Å²) >= 11 is 0. The van der Waals surface area contributed by atoms with Crippen molar-refractivity contribution in [3.63, 3.8) is 0 Å². The fraction of sp³-hybridized carbons (Fsp3) is 0.824. The number of carbonyl (C=O) groups excluding carboxylic acids is 3. The molecule has 24 heavy (non-hydrogen) atoms. The maximum atomic E-state index is 13.4. The summed E-state index contributed by atoms with van der Waals surface area (Å²) in [5.74, 6) is -0.375. The summed E-state index contributed by atoms with van der Waals surface area (Å²) in [6.07, 6.45) is -0.494. The summed E-state index contributed by atoms with van der Waals surface area (Å²) in [5, 5.41) is 2.68. The van der Waals surface area contributed by atoms with Crippen molar-refractivity contribution in [2.24, 2.45) is 5.92 Å². The molecule has 6 nitrogen and oxygen atoms in total. The molecule has 0 radical (unpaired) electrons. The molecule has 1 aliphatic carbocycles. The largest absolute Gasteiger partial charge is 0.436 e. The van der Waals surface area contributed by atoms with Crippen LogP contribution in [0.1, 0.15) is 52.9 Å². The Hall–Kier alpha value is -1.66. The van der Waals surface area contributed by atoms with Crippen molar-refractivity contribution in [3.05, 3.63) is 0 Å². The topological polar surface area (TPSA) is 75.7 Å². The molecule has 0 spiro atoms. The first-order valence-corrected chi connectivity index (χ1v) is 8.59. The van der Waals surface area contributed by atoms with Crippen molar-refractivity contribution in [2.75, 3.05) is 13.1 Å². The minimum absolute atomic E-state index is 0.0469. The smallest absolute Gasteiger partial charge is 0.408 e. The molecule has 1 heterocycles. The SMILES string of the molecule is CC(C)(C)NC(=O)OC(C(=O)N1CC[C@H](F)C1)C1CCC(=O)CC1. The van der Waals surface area contributed by atoms with Gasteiger partial charge in [-0.05, 0) is 40.0 Å². The van der Waals surface area contributed by atoms with Crippen molar-refractivity contribution in [1.29, 1.82) is 0 Å². The first-order chi connectivity index (χ1) is 11.2. The van der Waals surface area contributed by atoms with Gasteiger partial charge in [-0.25, -0.2) is 9.18 Å². The second-order valence-corrected chi connectivity index (χ2v) is 7.75. The Morgan fingerprint density at radius 1 is 1.25 bits per heavy atom. The molecule has 0 aromatic carbocycles. The normalized spacial score (nSPS) is 23.9. The molecule has 2 aliphatic rings. The molecule has 1 aliphatic heterocycles. The van der Waals surface area contributed by atoms with Gasteiger partial charge in [0, 0.05) is 30.8 Å². The third-order valence-corrected chi connectivity index (χ3v) is 4.41. The number of likely N-dealkylation sites (tertiary alicyclic amines) is 1. The summed E-state index contributed by atoms with van der Waals surface area (Å²) in [6.45, 7) is 5.84. The van der Waals surface area contributed by atoms with Crippen LogP contribution in [0.5, 0.6) is 0 Å². The van der Waals surface area contributed by atoms with E-state index in [0.29, 0.717) is 38.6 Å². The van der Waals surface area contributed by atoms with Crippen molar-refractivity contribution in [1.82, 2.24) is 10.2 Å². The maximum Gasteiger partial charge on any atom is 0.408 e. The number of alkyl carbamates (subject to hydrolysis) is 1. The van der Waals surface area contributed by atoms with Crippen molar-refractivity contribution < 1.29 is 23.5 Å². The number of hydrogen-bond donors (Lipinski definition) is 1. The Kier molecular flexibility index (Phi) is 5.83. The molecule has 1 N–H and O–H groups in total. The standard InChI is InChI=1S/C17H27FN2O4/c1-17(2,3)19-16(23)24-14(11-4-6-13(21)7-5-11)15(22)20-9-8-12(18)10-20/h11-12,14H,4-10H2,1-3H3,(H,19,23)/t12-,14?/m0/s1. The number of alkyl halides is 1. The van der Waals surface area contributed by atoms with Crippen molar-refractivity contribution >= 4 is 17.8 Å². The average molecular weight is 342 g/mol. The number of Topliss-reactive ketones (excluding diaryl/α,β-unsaturated/α-hetero) is 1. The quantitative estimate of drug-likeness (QED) is 0.853. The average Bonchev–Trinajstić information content (AvgIpc) is 2.90. The summed E-state index contributed by atoms with van der Waals surface area (Å²) in [4.78, 5) is 37.7. The van der Waals surface area contributed by atoms with E-state index in [2.05, 4.69) is 5.32 Å². The highest BCUT2D eigenvalue weighted by molar-refractivity contribution is 5.85. The number of carbonyl (C=O) groups is 3. The van der Waals surface area contributed by atoms with Gasteiger partial charge in [0.25, 0.3) is 5.91 Å². The molecule has 1 saturated heterocycles. The highest BCUT2D eigenvalue weighted by Crippen LogP contribution is 2.29. The first-order valence-electron chi connectivity index (χ1n) is 8.59. The molecule has 7 heteroatoms. The predicted octanol–water partition coefficient (Wildman–Crippen LogP) is 2.21. The van der Waals surface area contributed by atoms with Gasteiger partial charge in [0.15, 0.2) is 6.10 Å². The Bertz CT molecular complexity index is 493. The number of nitrogens with zero attached hydrogens (tertiary/aromatic N) is 1. The van der Waals surface area contributed by atoms with Crippen molar-refractivity contribution in [2.45, 2.75) is 70.7 Å². The number of nitrogens with one attached hydrogen (secondary N) is 1. The number of halogens is 1. The zero-order chi connectivity index (χ0) is 17.9. The van der Waals surface area contributed by atoms with Crippen LogP contribution in [0.25, 0.3) is 0 Å². The van der Waals surface area contributed by atoms with E-state index in [1.807, 2.05) is 20.8 Å². The van der Waals surface area contributed by atoms with E-state index in [1.165, 1.54) is 4.90 Å². The van der Waals surface area contributed by atoms with Gasteiger partial charge in [-0.1, -0.05) is 0 Å². The Balaban J connectivity index is 2.07. The van der Waals surface area contributed by atoms with Gasteiger partial charge in [0.2, 0.25) is 0 Å². The minimum Gasteiger partial charge on any atom is -0.436 e. The fourth-order valence-electron chi connectivity index (χ4n) is 3.16. The molecule has 0 aromatic heterocycles. The Morgan fingerprint density at radius 2 is 1.88 bits per heavy atom. The van der Waals surface area contributed by atoms with Crippen LogP contribution in [0.2, 0.25) is 0 Å². The van der Waals surface area contributed by atoms with E-state index in [0.717, 1.165) is 0 Å². The molecule has 136 valence electrons. The van der Waals surface area contributed by atoms with Gasteiger partial charge < -0.3 is 15.0 Å². The highest BCUT2D eigenvalue weighted by Gasteiger charge is 2.39. The molecule has 2 rings (SSSR count). The van der Waals surface area contributed by atoms with Gasteiger partial charge in [-0.15, -0.1) is 0 Å². The lowest BCUT2D eigenvalue weighted by atomic mass is 9.84. The van der Waals surface area contributed by atoms with Crippen LogP contribution in [0.3, 0.4) is 0 Å². The third-order valence-electron chi connectivity index (χ3n) is 4.41. The molecule has 0 bridgehead atoms. The van der Waals surface area contributed by atoms with Crippen LogP contribution in [-0.2, 0) is 14.3 Å². The highest BCUT2D eigenvalue weighted by atomic mass is 19.1. The predicted molar refractivity (Wildman–Crippen MR) is 86.2 cm³/mol. The van der Waals surface area contributed by atoms with Gasteiger partial charge in [-0.2, -0.15) is 0 Å². The molecule has 2 fully saturated rings. The number of amides is 2. The number of ketones is 1. The first kappa shape index (κ1) is 18.7. The zero-order valence-corrected chi connectivity index (χ0v) is 14.6. The van der Waals surface area contributed by atoms with Crippen LogP contribution >= 0.6 is 0 Å². The summed E-state index contributed by atoms with van der Waals surface area (Å²) in [6, 6.07) is 0. The molecule has 1 unspecified atom stereocenters. The Labute approximate surface area is 142 Å². The van der Waals surface area contributed by atoms with Gasteiger partial charge in [0.05, 0.1) is 6.54 Å². The molecule has 2 atom stereocenters. The van der Waals surface area contributed by atoms with E-state index in [9.17, 15) is 18.8 Å². The molecule has 2 amide bonds. The van der Waals surface area contributed by atoms with Crippen molar-refractivity contribution in [3.8, 4) is 0 Å². The number of hydrogen-bond acceptors (Lipinski definition) is 4. The third kappa shape index (κ3) is 5.18. The van der Waals surface area contributed by atoms with Gasteiger partial charge >= 0.3 is 6.09 Å². The molecule has 1 saturated carbocycles. The minimum atomic E-state index is -1.02. The van der Waals surface area contributed by atoms with E-state index in [-0.39, 0.29) is 24.2 Å². The lowest BCUT2D eigenvalue weighted by Crippen LogP contribution is -2.49. The lowest BCUT2D eigenvalue weighted by Gasteiger charge is -2.32. The molecule has 0 aromatic rings. The molecular formula is C17H27FN2O4. The zero-order valence-electron chi connectivity index (χ0n) is 14.6. The summed E-state index contributed by atoms with van der Waals surface area (Å²) in [7, 11) is 0. The van der Waals surface area contributed by atoms with E-state index >= 15 is 0 Å². The van der Waals surface area contributed by atoms with E-state index in [1.54, 1.807) is 0 Å². The van der Waals surface area contributed by atoms with Crippen LogP contribution in [-0.4, -0.2) is 53.6 Å². The number of rotatable bonds is 3. The van der Waals surface area contributed by atoms with Gasteiger partial charge in [-0.3, -0.25) is 9.59 Å². The van der Waals surface area contributed by atoms with Crippen LogP contribution in [0.15, 0.2) is 0 Å². The summed E-state index contributed by atoms with van der Waals surface area (Å²) < 4.78 is 18.9. The monoisotopic (exact) mass is 342 g/mol. The van der Waals surface area contributed by atoms with E-state index < -0.39 is 23.9 Å². The van der Waals surface area contributed by atoms with Crippen LogP contribution in [0, 0.1) is 5.92 Å². The van der Waals surface area contributed by atoms with E-state index in [4.69, 9.17) is 4.74 Å². The summed E-state index contributed by atoms with van der Waals surface area (Å²) in [5.41, 5.74) is -0.481. The fourth-order valence-corrected chi connectivity index (χ4v) is 3.16. The second-order valence-electron chi connectivity index (χ2n) is 7.75. The number of ether oxygens (including phenoxy) is 1. The van der Waals surface area contributed by atoms with Gasteiger partial charge in [0.1, 0.15) is 12.0 Å². The molecular weight excluding hydrogens is 315 g/mol. The second kappa shape index (κ2) is 7.49. The maximum absolute atomic E-state index is 13.4. The van der Waals surface area contributed by atoms with Crippen LogP contribution < -0.4 is 5.32 Å². The lowest BCUT2D eigenvalue weighted by molar-refractivity contribution is -0.144. The van der Waals surface area contributed by atoms with Crippen LogP contribution in [0.4, 0.5) is 9.18 Å².